The maximum Gasteiger partial charge on any atom is 0.411 e. The lowest BCUT2D eigenvalue weighted by Crippen LogP contribution is -2.14. The van der Waals surface area contributed by atoms with Crippen LogP contribution in [0.3, 0.4) is 0 Å². The van der Waals surface area contributed by atoms with Gasteiger partial charge in [0, 0.05) is 3.57 Å². The fourth-order valence-electron chi connectivity index (χ4n) is 1.43. The lowest BCUT2D eigenvalue weighted by Gasteiger charge is -2.08. The molecule has 0 aliphatic rings. The third kappa shape index (κ3) is 3.73. The van der Waals surface area contributed by atoms with Crippen molar-refractivity contribution < 1.29 is 9.53 Å². The van der Waals surface area contributed by atoms with Crippen LogP contribution in [-0.4, -0.2) is 6.09 Å². The van der Waals surface area contributed by atoms with Gasteiger partial charge in [-0.05, 0) is 40.3 Å². The molecular weight excluding hydrogens is 341 g/mol. The number of carbonyl (C=O) groups is 1. The lowest BCUT2D eigenvalue weighted by atomic mass is 10.2. The number of hydrogen-bond acceptors (Lipinski definition) is 2. The van der Waals surface area contributed by atoms with Gasteiger partial charge in [0.2, 0.25) is 0 Å². The molecule has 2 aromatic carbocycles. The summed E-state index contributed by atoms with van der Waals surface area (Å²) in [4.78, 5) is 11.6. The number of para-hydroxylation sites is 1. The molecule has 0 aromatic heterocycles. The van der Waals surface area contributed by atoms with Gasteiger partial charge in [-0.2, -0.15) is 0 Å². The van der Waals surface area contributed by atoms with Crippen LogP contribution >= 0.6 is 22.6 Å². The molecule has 92 valence electrons. The molecular formula is C14H12INO2. The molecule has 0 saturated carbocycles. The van der Waals surface area contributed by atoms with Crippen molar-refractivity contribution in [3.63, 3.8) is 0 Å². The van der Waals surface area contributed by atoms with E-state index in [-0.39, 0.29) is 6.61 Å². The van der Waals surface area contributed by atoms with Crippen LogP contribution in [0.5, 0.6) is 0 Å². The van der Waals surface area contributed by atoms with Gasteiger partial charge in [0.1, 0.15) is 6.61 Å². The van der Waals surface area contributed by atoms with Gasteiger partial charge in [-0.1, -0.05) is 42.5 Å². The molecule has 0 heterocycles. The predicted molar refractivity (Wildman–Crippen MR) is 79.4 cm³/mol. The number of rotatable bonds is 3. The molecule has 0 unspecified atom stereocenters. The fraction of sp³-hybridized carbons (Fsp3) is 0.0714. The maximum absolute atomic E-state index is 11.6. The zero-order chi connectivity index (χ0) is 12.8. The van der Waals surface area contributed by atoms with Crippen LogP contribution in [0.15, 0.2) is 54.6 Å². The molecule has 0 saturated heterocycles. The molecule has 1 amide bonds. The van der Waals surface area contributed by atoms with Crippen LogP contribution in [0.25, 0.3) is 0 Å². The minimum Gasteiger partial charge on any atom is -0.444 e. The SMILES string of the molecule is O=C(Nc1ccccc1I)OCc1ccccc1. The number of halogens is 1. The summed E-state index contributed by atoms with van der Waals surface area (Å²) in [7, 11) is 0. The first-order valence-electron chi connectivity index (χ1n) is 5.48. The first kappa shape index (κ1) is 12.9. The number of amides is 1. The molecule has 1 N–H and O–H groups in total. The highest BCUT2D eigenvalue weighted by molar-refractivity contribution is 14.1. The minimum atomic E-state index is -0.442. The topological polar surface area (TPSA) is 38.3 Å². The van der Waals surface area contributed by atoms with E-state index in [2.05, 4.69) is 27.9 Å². The average molecular weight is 353 g/mol. The monoisotopic (exact) mass is 353 g/mol. The van der Waals surface area contributed by atoms with Gasteiger partial charge in [-0.25, -0.2) is 4.79 Å². The van der Waals surface area contributed by atoms with Gasteiger partial charge in [0.15, 0.2) is 0 Å². The van der Waals surface area contributed by atoms with E-state index in [0.717, 1.165) is 14.8 Å². The predicted octanol–water partition coefficient (Wildman–Crippen LogP) is 4.04. The summed E-state index contributed by atoms with van der Waals surface area (Å²) in [6.45, 7) is 0.274. The molecule has 3 nitrogen and oxygen atoms in total. The van der Waals surface area contributed by atoms with E-state index in [4.69, 9.17) is 4.74 Å². The molecule has 2 aromatic rings. The summed E-state index contributed by atoms with van der Waals surface area (Å²) in [6.07, 6.45) is -0.442. The Bertz CT molecular complexity index is 528. The Morgan fingerprint density at radius 1 is 1.06 bits per heavy atom. The first-order chi connectivity index (χ1) is 8.75. The Balaban J connectivity index is 1.88. The third-order valence-corrected chi connectivity index (χ3v) is 3.26. The van der Waals surface area contributed by atoms with Gasteiger partial charge < -0.3 is 4.74 Å². The summed E-state index contributed by atoms with van der Waals surface area (Å²) in [6, 6.07) is 17.1. The number of carbonyl (C=O) groups excluding carboxylic acids is 1. The molecule has 4 heteroatoms. The molecule has 0 radical (unpaired) electrons. The number of nitrogens with one attached hydrogen (secondary N) is 1. The smallest absolute Gasteiger partial charge is 0.411 e. The van der Waals surface area contributed by atoms with Crippen molar-refractivity contribution in [3.8, 4) is 0 Å². The second-order valence-corrected chi connectivity index (χ2v) is 4.83. The van der Waals surface area contributed by atoms with Gasteiger partial charge >= 0.3 is 6.09 Å². The van der Waals surface area contributed by atoms with Crippen molar-refractivity contribution in [1.82, 2.24) is 0 Å². The molecule has 0 fully saturated rings. The highest BCUT2D eigenvalue weighted by Gasteiger charge is 2.05. The highest BCUT2D eigenvalue weighted by atomic mass is 127. The van der Waals surface area contributed by atoms with Crippen molar-refractivity contribution in [2.75, 3.05) is 5.32 Å². The van der Waals surface area contributed by atoms with Gasteiger partial charge in [-0.15, -0.1) is 0 Å². The normalized spacial score (nSPS) is 9.83. The second-order valence-electron chi connectivity index (χ2n) is 3.67. The van der Waals surface area contributed by atoms with Crippen molar-refractivity contribution in [2.45, 2.75) is 6.61 Å². The Morgan fingerprint density at radius 2 is 1.72 bits per heavy atom. The van der Waals surface area contributed by atoms with Crippen LogP contribution in [0.2, 0.25) is 0 Å². The molecule has 0 aliphatic carbocycles. The Morgan fingerprint density at radius 3 is 2.44 bits per heavy atom. The number of benzene rings is 2. The lowest BCUT2D eigenvalue weighted by molar-refractivity contribution is 0.155. The molecule has 18 heavy (non-hydrogen) atoms. The van der Waals surface area contributed by atoms with E-state index in [1.54, 1.807) is 0 Å². The Hall–Kier alpha value is -1.56. The third-order valence-electron chi connectivity index (χ3n) is 2.32. The summed E-state index contributed by atoms with van der Waals surface area (Å²) >= 11 is 2.16. The minimum absolute atomic E-state index is 0.274. The Kier molecular flexibility index (Phi) is 4.58. The van der Waals surface area contributed by atoms with Crippen LogP contribution in [-0.2, 0) is 11.3 Å². The first-order valence-corrected chi connectivity index (χ1v) is 6.56. The van der Waals surface area contributed by atoms with Gasteiger partial charge in [0.25, 0.3) is 0 Å². The maximum atomic E-state index is 11.6. The second kappa shape index (κ2) is 6.39. The number of ether oxygens (including phenoxy) is 1. The van der Waals surface area contributed by atoms with E-state index in [1.165, 1.54) is 0 Å². The summed E-state index contributed by atoms with van der Waals surface area (Å²) in [5.74, 6) is 0. The van der Waals surface area contributed by atoms with Crippen molar-refractivity contribution >= 4 is 34.4 Å². The van der Waals surface area contributed by atoms with Crippen molar-refractivity contribution in [2.24, 2.45) is 0 Å². The van der Waals surface area contributed by atoms with E-state index in [1.807, 2.05) is 54.6 Å². The summed E-state index contributed by atoms with van der Waals surface area (Å²) in [5, 5.41) is 2.71. The number of anilines is 1. The standard InChI is InChI=1S/C14H12INO2/c15-12-8-4-5-9-13(12)16-14(17)18-10-11-6-2-1-3-7-11/h1-9H,10H2,(H,16,17). The van der Waals surface area contributed by atoms with E-state index < -0.39 is 6.09 Å². The fourth-order valence-corrected chi connectivity index (χ4v) is 1.95. The van der Waals surface area contributed by atoms with Gasteiger partial charge in [-0.3, -0.25) is 5.32 Å². The van der Waals surface area contributed by atoms with Crippen LogP contribution in [0, 0.1) is 3.57 Å². The zero-order valence-corrected chi connectivity index (χ0v) is 11.8. The van der Waals surface area contributed by atoms with Crippen molar-refractivity contribution in [1.29, 1.82) is 0 Å². The van der Waals surface area contributed by atoms with Crippen LogP contribution in [0.4, 0.5) is 10.5 Å². The van der Waals surface area contributed by atoms with Gasteiger partial charge in [0.05, 0.1) is 5.69 Å². The molecule has 2 rings (SSSR count). The van der Waals surface area contributed by atoms with E-state index >= 15 is 0 Å². The quantitative estimate of drug-likeness (QED) is 0.846. The van der Waals surface area contributed by atoms with Crippen LogP contribution < -0.4 is 5.32 Å². The molecule has 0 aliphatic heterocycles. The van der Waals surface area contributed by atoms with Crippen LogP contribution in [0.1, 0.15) is 5.56 Å². The summed E-state index contributed by atoms with van der Waals surface area (Å²) < 4.78 is 6.11. The zero-order valence-electron chi connectivity index (χ0n) is 9.60. The van der Waals surface area contributed by atoms with E-state index in [9.17, 15) is 4.79 Å². The van der Waals surface area contributed by atoms with E-state index in [0.29, 0.717) is 0 Å². The van der Waals surface area contributed by atoms with Crippen molar-refractivity contribution in [3.05, 3.63) is 63.7 Å². The Labute approximate surface area is 119 Å². The largest absolute Gasteiger partial charge is 0.444 e. The average Bonchev–Trinajstić information content (AvgIpc) is 2.40. The highest BCUT2D eigenvalue weighted by Crippen LogP contribution is 2.17. The summed E-state index contributed by atoms with van der Waals surface area (Å²) in [5.41, 5.74) is 1.73. The molecule has 0 atom stereocenters. The molecule has 0 spiro atoms. The number of hydrogen-bond donors (Lipinski definition) is 1. The molecule has 0 bridgehead atoms.